The Bertz CT molecular complexity index is 745. The number of rotatable bonds is 5. The van der Waals surface area contributed by atoms with Crippen LogP contribution in [0.15, 0.2) is 47.1 Å². The maximum Gasteiger partial charge on any atom is 0.319 e. The molecule has 5 nitrogen and oxygen atoms in total. The zero-order valence-corrected chi connectivity index (χ0v) is 16.0. The monoisotopic (exact) mass is 367 g/mol. The average molecular weight is 367 g/mol. The maximum absolute atomic E-state index is 12.6. The third-order valence-corrected chi connectivity index (χ3v) is 6.03. The second-order valence-corrected chi connectivity index (χ2v) is 7.77. The molecular weight excluding hydrogens is 338 g/mol. The van der Waals surface area contributed by atoms with Crippen LogP contribution in [0.3, 0.4) is 0 Å². The van der Waals surface area contributed by atoms with E-state index in [1.807, 2.05) is 24.3 Å². The predicted molar refractivity (Wildman–Crippen MR) is 107 cm³/mol. The number of fused-ring (bicyclic) bond motifs is 2. The van der Waals surface area contributed by atoms with Gasteiger partial charge in [0.25, 0.3) is 0 Å². The predicted octanol–water partition coefficient (Wildman–Crippen LogP) is 4.55. The largest absolute Gasteiger partial charge is 0.468 e. The molecule has 0 spiro atoms. The number of hydrogen-bond acceptors (Lipinski definition) is 3. The van der Waals surface area contributed by atoms with E-state index >= 15 is 0 Å². The number of benzene rings is 1. The molecule has 2 aliphatic rings. The molecule has 1 aromatic heterocycles. The minimum atomic E-state index is -0.0848. The summed E-state index contributed by atoms with van der Waals surface area (Å²) in [7, 11) is 0. The molecule has 1 aromatic carbocycles. The van der Waals surface area contributed by atoms with Crippen LogP contribution in [-0.4, -0.2) is 29.1 Å². The van der Waals surface area contributed by atoms with Crippen molar-refractivity contribution in [2.45, 2.75) is 70.1 Å². The fourth-order valence-electron chi connectivity index (χ4n) is 4.73. The number of para-hydroxylation sites is 1. The first-order valence-corrected chi connectivity index (χ1v) is 10.2. The van der Waals surface area contributed by atoms with E-state index < -0.39 is 0 Å². The van der Waals surface area contributed by atoms with E-state index in [-0.39, 0.29) is 12.1 Å². The first-order chi connectivity index (χ1) is 13.2. The topological polar surface area (TPSA) is 57.5 Å². The van der Waals surface area contributed by atoms with E-state index in [0.29, 0.717) is 12.1 Å². The molecule has 27 heavy (non-hydrogen) atoms. The summed E-state index contributed by atoms with van der Waals surface area (Å²) >= 11 is 0. The minimum Gasteiger partial charge on any atom is -0.468 e. The Labute approximate surface area is 161 Å². The molecule has 2 saturated heterocycles. The smallest absolute Gasteiger partial charge is 0.319 e. The van der Waals surface area contributed by atoms with Crippen molar-refractivity contribution in [3.63, 3.8) is 0 Å². The Morgan fingerprint density at radius 2 is 1.93 bits per heavy atom. The lowest BCUT2D eigenvalue weighted by atomic mass is 9.81. The third kappa shape index (κ3) is 4.19. The average Bonchev–Trinajstić information content (AvgIpc) is 3.16. The van der Waals surface area contributed by atoms with E-state index in [9.17, 15) is 4.79 Å². The van der Waals surface area contributed by atoms with Gasteiger partial charge in [-0.2, -0.15) is 0 Å². The summed E-state index contributed by atoms with van der Waals surface area (Å²) in [6, 6.07) is 13.2. The lowest BCUT2D eigenvalue weighted by Gasteiger charge is -2.48. The van der Waals surface area contributed by atoms with Gasteiger partial charge in [0.1, 0.15) is 5.76 Å². The molecular formula is C22H29N3O2. The van der Waals surface area contributed by atoms with Gasteiger partial charge >= 0.3 is 6.03 Å². The molecule has 0 saturated carbocycles. The van der Waals surface area contributed by atoms with Crippen LogP contribution in [0.4, 0.5) is 10.5 Å². The lowest BCUT2D eigenvalue weighted by molar-refractivity contribution is 0.0150. The second kappa shape index (κ2) is 8.17. The zero-order chi connectivity index (χ0) is 18.6. The van der Waals surface area contributed by atoms with E-state index in [1.54, 1.807) is 6.26 Å². The van der Waals surface area contributed by atoms with Crippen LogP contribution >= 0.6 is 0 Å². The van der Waals surface area contributed by atoms with Gasteiger partial charge in [0, 0.05) is 23.8 Å². The van der Waals surface area contributed by atoms with Crippen LogP contribution in [0.1, 0.15) is 50.4 Å². The van der Waals surface area contributed by atoms with Crippen molar-refractivity contribution in [1.82, 2.24) is 10.2 Å². The number of carbonyl (C=O) groups is 1. The summed E-state index contributed by atoms with van der Waals surface area (Å²) in [6.07, 6.45) is 8.38. The van der Waals surface area contributed by atoms with E-state index in [4.69, 9.17) is 4.42 Å². The third-order valence-electron chi connectivity index (χ3n) is 6.03. The van der Waals surface area contributed by atoms with Crippen LogP contribution in [0, 0.1) is 0 Å². The SMILES string of the molecule is CCc1ccccc1NC(=O)NC1C[C@@H]2CCC[C@@H](C1)N2Cc1ccco1. The van der Waals surface area contributed by atoms with Crippen molar-refractivity contribution in [2.24, 2.45) is 0 Å². The lowest BCUT2D eigenvalue weighted by Crippen LogP contribution is -2.56. The highest BCUT2D eigenvalue weighted by Crippen LogP contribution is 2.35. The molecule has 0 unspecified atom stereocenters. The second-order valence-electron chi connectivity index (χ2n) is 7.77. The molecule has 3 heterocycles. The van der Waals surface area contributed by atoms with Crippen molar-refractivity contribution in [3.8, 4) is 0 Å². The highest BCUT2D eigenvalue weighted by Gasteiger charge is 2.38. The van der Waals surface area contributed by atoms with Crippen molar-refractivity contribution >= 4 is 11.7 Å². The van der Waals surface area contributed by atoms with Crippen LogP contribution in [0.5, 0.6) is 0 Å². The Morgan fingerprint density at radius 1 is 1.15 bits per heavy atom. The Morgan fingerprint density at radius 3 is 2.63 bits per heavy atom. The first-order valence-electron chi connectivity index (χ1n) is 10.2. The number of furan rings is 1. The highest BCUT2D eigenvalue weighted by molar-refractivity contribution is 5.90. The first kappa shape index (κ1) is 18.1. The summed E-state index contributed by atoms with van der Waals surface area (Å²) in [6.45, 7) is 2.99. The quantitative estimate of drug-likeness (QED) is 0.815. The van der Waals surface area contributed by atoms with Gasteiger partial charge in [-0.15, -0.1) is 0 Å². The van der Waals surface area contributed by atoms with E-state index in [1.165, 1.54) is 19.3 Å². The fourth-order valence-corrected chi connectivity index (χ4v) is 4.73. The summed E-state index contributed by atoms with van der Waals surface area (Å²) in [5, 5.41) is 6.27. The number of nitrogens with one attached hydrogen (secondary N) is 2. The van der Waals surface area contributed by atoms with Crippen molar-refractivity contribution in [1.29, 1.82) is 0 Å². The van der Waals surface area contributed by atoms with Crippen LogP contribution in [0.25, 0.3) is 0 Å². The molecule has 144 valence electrons. The van der Waals surface area contributed by atoms with Gasteiger partial charge in [-0.3, -0.25) is 4.90 Å². The molecule has 2 amide bonds. The molecule has 2 aromatic rings. The molecule has 0 radical (unpaired) electrons. The fraction of sp³-hybridized carbons (Fsp3) is 0.500. The number of aryl methyl sites for hydroxylation is 1. The van der Waals surface area contributed by atoms with Crippen LogP contribution < -0.4 is 10.6 Å². The number of anilines is 1. The summed E-state index contributed by atoms with van der Waals surface area (Å²) in [4.78, 5) is 15.1. The molecule has 4 rings (SSSR count). The van der Waals surface area contributed by atoms with E-state index in [2.05, 4.69) is 34.6 Å². The molecule has 0 aliphatic carbocycles. The highest BCUT2D eigenvalue weighted by atomic mass is 16.3. The minimum absolute atomic E-state index is 0.0848. The summed E-state index contributed by atoms with van der Waals surface area (Å²) in [5.41, 5.74) is 2.07. The van der Waals surface area contributed by atoms with E-state index in [0.717, 1.165) is 42.8 Å². The normalized spacial score (nSPS) is 25.1. The Kier molecular flexibility index (Phi) is 5.48. The van der Waals surface area contributed by atoms with Gasteiger partial charge in [-0.25, -0.2) is 4.79 Å². The number of carbonyl (C=O) groups excluding carboxylic acids is 1. The number of piperidine rings is 2. The van der Waals surface area contributed by atoms with Crippen molar-refractivity contribution in [3.05, 3.63) is 54.0 Å². The van der Waals surface area contributed by atoms with Crippen LogP contribution in [-0.2, 0) is 13.0 Å². The Balaban J connectivity index is 1.36. The number of hydrogen-bond donors (Lipinski definition) is 2. The summed E-state index contributed by atoms with van der Waals surface area (Å²) < 4.78 is 5.56. The zero-order valence-electron chi connectivity index (χ0n) is 16.0. The maximum atomic E-state index is 12.6. The van der Waals surface area contributed by atoms with Gasteiger partial charge in [0.15, 0.2) is 0 Å². The van der Waals surface area contributed by atoms with Crippen molar-refractivity contribution < 1.29 is 9.21 Å². The van der Waals surface area contributed by atoms with Crippen molar-refractivity contribution in [2.75, 3.05) is 5.32 Å². The molecule has 2 N–H and O–H groups in total. The standard InChI is InChI=1S/C22H29N3O2/c1-2-16-7-3-4-11-21(16)24-22(26)23-17-13-18-8-5-9-19(14-17)25(18)15-20-10-6-12-27-20/h3-4,6-7,10-12,17-19H,2,5,8-9,13-15H2,1H3,(H2,23,24,26)/t18-,19-/m0/s1. The van der Waals surface area contributed by atoms with Crippen LogP contribution in [0.2, 0.25) is 0 Å². The number of urea groups is 1. The Hall–Kier alpha value is -2.27. The molecule has 5 heteroatoms. The van der Waals surface area contributed by atoms with Gasteiger partial charge < -0.3 is 15.1 Å². The molecule has 2 aliphatic heterocycles. The van der Waals surface area contributed by atoms with Gasteiger partial charge in [-0.05, 0) is 55.9 Å². The molecule has 2 fully saturated rings. The molecule has 2 atom stereocenters. The summed E-state index contributed by atoms with van der Waals surface area (Å²) in [5.74, 6) is 1.03. The van der Waals surface area contributed by atoms with Gasteiger partial charge in [0.05, 0.1) is 12.8 Å². The number of nitrogens with zero attached hydrogens (tertiary/aromatic N) is 1. The van der Waals surface area contributed by atoms with Gasteiger partial charge in [-0.1, -0.05) is 31.5 Å². The number of amides is 2. The van der Waals surface area contributed by atoms with Gasteiger partial charge in [0.2, 0.25) is 0 Å². The molecule has 2 bridgehead atoms.